The summed E-state index contributed by atoms with van der Waals surface area (Å²) < 4.78 is 33.8. The fourth-order valence-electron chi connectivity index (χ4n) is 4.28. The molecule has 2 aliphatic rings. The standard InChI is InChI=1S/C24H27F2N3O2S/c25-17-9-10-20(26)18(16-17)23(27)32-24(11-15-31-21-7-2-1-6-19(21)24)28-22(30)8-5-14-29-12-3-4-13-29/h1-2,6-7,9-10,16,27H,3-5,8,11-15H2,(H,28,30). The van der Waals surface area contributed by atoms with Crippen LogP contribution < -0.4 is 10.1 Å². The summed E-state index contributed by atoms with van der Waals surface area (Å²) in [6.07, 6.45) is 3.94. The lowest BCUT2D eigenvalue weighted by atomic mass is 9.99. The number of carbonyl (C=O) groups is 1. The zero-order valence-corrected chi connectivity index (χ0v) is 18.6. The van der Waals surface area contributed by atoms with Crippen molar-refractivity contribution in [3.63, 3.8) is 0 Å². The van der Waals surface area contributed by atoms with Crippen LogP contribution in [0.5, 0.6) is 5.75 Å². The van der Waals surface area contributed by atoms with Gasteiger partial charge in [0.1, 0.15) is 22.3 Å². The highest BCUT2D eigenvalue weighted by Gasteiger charge is 2.41. The minimum atomic E-state index is -0.991. The lowest BCUT2D eigenvalue weighted by molar-refractivity contribution is -0.122. The maximum atomic E-state index is 14.3. The van der Waals surface area contributed by atoms with E-state index in [0.717, 1.165) is 61.6 Å². The Kier molecular flexibility index (Phi) is 7.10. The fraction of sp³-hybridized carbons (Fsp3) is 0.417. The predicted molar refractivity (Wildman–Crippen MR) is 122 cm³/mol. The maximum Gasteiger partial charge on any atom is 0.221 e. The van der Waals surface area contributed by atoms with E-state index in [1.54, 1.807) is 0 Å². The van der Waals surface area contributed by atoms with Crippen molar-refractivity contribution in [1.82, 2.24) is 10.2 Å². The smallest absolute Gasteiger partial charge is 0.221 e. The van der Waals surface area contributed by atoms with Gasteiger partial charge in [-0.3, -0.25) is 10.2 Å². The van der Waals surface area contributed by atoms with Crippen molar-refractivity contribution < 1.29 is 18.3 Å². The number of amides is 1. The summed E-state index contributed by atoms with van der Waals surface area (Å²) in [6, 6.07) is 10.4. The van der Waals surface area contributed by atoms with Gasteiger partial charge in [-0.25, -0.2) is 8.78 Å². The number of fused-ring (bicyclic) bond motifs is 1. The van der Waals surface area contributed by atoms with Crippen molar-refractivity contribution in [2.45, 2.75) is 37.0 Å². The molecule has 0 bridgehead atoms. The Morgan fingerprint density at radius 3 is 2.78 bits per heavy atom. The van der Waals surface area contributed by atoms with Crippen molar-refractivity contribution in [3.05, 3.63) is 65.2 Å². The van der Waals surface area contributed by atoms with Gasteiger partial charge >= 0.3 is 0 Å². The monoisotopic (exact) mass is 459 g/mol. The number of carbonyl (C=O) groups excluding carboxylic acids is 1. The maximum absolute atomic E-state index is 14.3. The lowest BCUT2D eigenvalue weighted by Crippen LogP contribution is -2.47. The highest BCUT2D eigenvalue weighted by molar-refractivity contribution is 8.15. The molecule has 0 aliphatic carbocycles. The van der Waals surface area contributed by atoms with Crippen LogP contribution in [0.2, 0.25) is 0 Å². The van der Waals surface area contributed by atoms with E-state index in [1.165, 1.54) is 12.8 Å². The summed E-state index contributed by atoms with van der Waals surface area (Å²) in [7, 11) is 0. The quantitative estimate of drug-likeness (QED) is 0.359. The van der Waals surface area contributed by atoms with Crippen molar-refractivity contribution in [3.8, 4) is 5.75 Å². The first-order valence-corrected chi connectivity index (χ1v) is 11.8. The van der Waals surface area contributed by atoms with E-state index in [0.29, 0.717) is 25.2 Å². The fourth-order valence-corrected chi connectivity index (χ4v) is 5.53. The van der Waals surface area contributed by atoms with Gasteiger partial charge in [-0.15, -0.1) is 0 Å². The summed E-state index contributed by atoms with van der Waals surface area (Å²) >= 11 is 1.03. The Morgan fingerprint density at radius 2 is 1.97 bits per heavy atom. The second-order valence-corrected chi connectivity index (χ2v) is 9.49. The topological polar surface area (TPSA) is 65.4 Å². The summed E-state index contributed by atoms with van der Waals surface area (Å²) in [4.78, 5) is 14.3. The number of hydrogen-bond donors (Lipinski definition) is 2. The molecule has 5 nitrogen and oxygen atoms in total. The van der Waals surface area contributed by atoms with Gasteiger partial charge in [0, 0.05) is 24.0 Å². The van der Waals surface area contributed by atoms with Crippen molar-refractivity contribution >= 4 is 22.7 Å². The molecule has 1 atom stereocenters. The average molecular weight is 460 g/mol. The van der Waals surface area contributed by atoms with Gasteiger partial charge in [0.25, 0.3) is 0 Å². The molecular formula is C24H27F2N3O2S. The van der Waals surface area contributed by atoms with Crippen LogP contribution >= 0.6 is 11.8 Å². The molecule has 1 unspecified atom stereocenters. The number of nitrogens with one attached hydrogen (secondary N) is 2. The molecule has 0 spiro atoms. The van der Waals surface area contributed by atoms with Crippen molar-refractivity contribution in [2.24, 2.45) is 0 Å². The molecule has 170 valence electrons. The molecule has 32 heavy (non-hydrogen) atoms. The highest BCUT2D eigenvalue weighted by atomic mass is 32.2. The minimum Gasteiger partial charge on any atom is -0.493 e. The second kappa shape index (κ2) is 10.0. The first kappa shape index (κ1) is 22.7. The summed E-state index contributed by atoms with van der Waals surface area (Å²) in [6.45, 7) is 3.40. The molecule has 2 aromatic carbocycles. The van der Waals surface area contributed by atoms with E-state index >= 15 is 0 Å². The molecule has 1 fully saturated rings. The van der Waals surface area contributed by atoms with Gasteiger partial charge in [0.15, 0.2) is 0 Å². The van der Waals surface area contributed by atoms with E-state index in [4.69, 9.17) is 10.1 Å². The Balaban J connectivity index is 1.54. The molecule has 8 heteroatoms. The summed E-state index contributed by atoms with van der Waals surface area (Å²) in [5.74, 6) is -0.785. The Bertz CT molecular complexity index is 997. The van der Waals surface area contributed by atoms with Gasteiger partial charge in [-0.05, 0) is 63.2 Å². The Hall–Kier alpha value is -2.45. The number of nitrogens with zero attached hydrogens (tertiary/aromatic N) is 1. The van der Waals surface area contributed by atoms with E-state index < -0.39 is 16.5 Å². The second-order valence-electron chi connectivity index (χ2n) is 8.18. The third-order valence-electron chi connectivity index (χ3n) is 5.90. The van der Waals surface area contributed by atoms with Gasteiger partial charge in [-0.1, -0.05) is 30.0 Å². The zero-order chi connectivity index (χ0) is 22.6. The van der Waals surface area contributed by atoms with Crippen LogP contribution in [0, 0.1) is 17.0 Å². The lowest BCUT2D eigenvalue weighted by Gasteiger charge is -2.39. The van der Waals surface area contributed by atoms with Crippen molar-refractivity contribution in [2.75, 3.05) is 26.2 Å². The number of rotatable bonds is 7. The summed E-state index contributed by atoms with van der Waals surface area (Å²) in [5, 5.41) is 11.5. The van der Waals surface area contributed by atoms with Gasteiger partial charge in [-0.2, -0.15) is 0 Å². The van der Waals surface area contributed by atoms with Crippen LogP contribution in [-0.4, -0.2) is 42.1 Å². The average Bonchev–Trinajstić information content (AvgIpc) is 3.29. The molecular weight excluding hydrogens is 432 g/mol. The summed E-state index contributed by atoms with van der Waals surface area (Å²) in [5.41, 5.74) is 0.604. The molecule has 0 radical (unpaired) electrons. The SMILES string of the molecule is N=C(SC1(NC(=O)CCCN2CCCC2)CCOc2ccccc21)c1cc(F)ccc1F. The van der Waals surface area contributed by atoms with E-state index in [1.807, 2.05) is 24.3 Å². The minimum absolute atomic E-state index is 0.123. The molecule has 0 saturated carbocycles. The highest BCUT2D eigenvalue weighted by Crippen LogP contribution is 2.46. The molecule has 2 N–H and O–H groups in total. The van der Waals surface area contributed by atoms with Crippen LogP contribution in [0.4, 0.5) is 8.78 Å². The van der Waals surface area contributed by atoms with Gasteiger partial charge < -0.3 is 15.0 Å². The third-order valence-corrected chi connectivity index (χ3v) is 7.20. The molecule has 0 aromatic heterocycles. The van der Waals surface area contributed by atoms with Crippen LogP contribution in [0.3, 0.4) is 0 Å². The van der Waals surface area contributed by atoms with Gasteiger partial charge in [0.05, 0.1) is 11.7 Å². The Labute approximate surface area is 191 Å². The van der Waals surface area contributed by atoms with Gasteiger partial charge in [0.2, 0.25) is 5.91 Å². The molecule has 4 rings (SSSR count). The van der Waals surface area contributed by atoms with E-state index in [-0.39, 0.29) is 16.5 Å². The Morgan fingerprint density at radius 1 is 1.19 bits per heavy atom. The number of ether oxygens (including phenoxy) is 1. The van der Waals surface area contributed by atoms with E-state index in [9.17, 15) is 13.6 Å². The number of benzene rings is 2. The number of halogens is 2. The number of para-hydroxylation sites is 1. The number of likely N-dealkylation sites (tertiary alicyclic amines) is 1. The number of thioether (sulfide) groups is 1. The molecule has 1 saturated heterocycles. The molecule has 1 amide bonds. The first-order valence-electron chi connectivity index (χ1n) is 11.0. The third kappa shape index (κ3) is 5.13. The molecule has 2 aromatic rings. The van der Waals surface area contributed by atoms with Crippen LogP contribution in [0.1, 0.15) is 43.2 Å². The molecule has 2 aliphatic heterocycles. The molecule has 2 heterocycles. The van der Waals surface area contributed by atoms with Crippen LogP contribution in [0.25, 0.3) is 0 Å². The van der Waals surface area contributed by atoms with Crippen LogP contribution in [-0.2, 0) is 9.67 Å². The zero-order valence-electron chi connectivity index (χ0n) is 17.8. The predicted octanol–water partition coefficient (Wildman–Crippen LogP) is 4.65. The van der Waals surface area contributed by atoms with Crippen molar-refractivity contribution in [1.29, 1.82) is 5.41 Å². The largest absolute Gasteiger partial charge is 0.493 e. The number of hydrogen-bond acceptors (Lipinski definition) is 5. The normalized spacial score (nSPS) is 20.4. The van der Waals surface area contributed by atoms with Crippen LogP contribution in [0.15, 0.2) is 42.5 Å². The first-order chi connectivity index (χ1) is 15.5. The van der Waals surface area contributed by atoms with E-state index in [2.05, 4.69) is 10.2 Å².